The average Bonchev–Trinajstić information content (AvgIpc) is 2.94. The monoisotopic (exact) mass is 692 g/mol. The van der Waals surface area contributed by atoms with Crippen molar-refractivity contribution in [2.24, 2.45) is 0 Å². The third-order valence-corrected chi connectivity index (χ3v) is 10.5. The smallest absolute Gasteiger partial charge is 0.264 e. The lowest BCUT2D eigenvalue weighted by atomic mass is 10.3. The molecule has 0 saturated carbocycles. The maximum absolute atomic E-state index is 15.6. The van der Waals surface area contributed by atoms with Crippen molar-refractivity contribution in [3.05, 3.63) is 72.8 Å². The molecule has 0 unspecified atom stereocenters. The second-order valence-electron chi connectivity index (χ2n) is 9.14. The number of ether oxygens (including phenoxy) is 3. The third kappa shape index (κ3) is 10.9. The van der Waals surface area contributed by atoms with Gasteiger partial charge in [0.05, 0.1) is 34.7 Å². The fraction of sp³-hybridized carbons (Fsp3) is 0.333. The quantitative estimate of drug-likeness (QED) is 0.106. The fourth-order valence-corrected chi connectivity index (χ4v) is 8.05. The highest BCUT2D eigenvalue weighted by molar-refractivity contribution is 7.86. The second kappa shape index (κ2) is 15.3. The van der Waals surface area contributed by atoms with Crippen LogP contribution in [0.2, 0.25) is 0 Å². The van der Waals surface area contributed by atoms with Crippen LogP contribution in [0.4, 0.5) is 0 Å². The average molecular weight is 693 g/mol. The van der Waals surface area contributed by atoms with Crippen LogP contribution < -0.4 is 30.1 Å². The van der Waals surface area contributed by atoms with Crippen molar-refractivity contribution in [3.63, 3.8) is 0 Å². The molecule has 3 rings (SSSR count). The first-order valence-electron chi connectivity index (χ1n) is 12.9. The molecule has 0 amide bonds. The maximum atomic E-state index is 15.6. The Morgan fingerprint density at radius 3 is 0.955 bits per heavy atom. The zero-order valence-electron chi connectivity index (χ0n) is 24.2. The molecule has 0 aliphatic heterocycles. The van der Waals surface area contributed by atoms with E-state index in [1.54, 1.807) is 72.8 Å². The van der Waals surface area contributed by atoms with Crippen LogP contribution in [0.25, 0.3) is 0 Å². The molecule has 0 fully saturated rings. The lowest BCUT2D eigenvalue weighted by molar-refractivity contribution is 0.223. The van der Waals surface area contributed by atoms with Gasteiger partial charge in [-0.25, -0.2) is 0 Å². The van der Waals surface area contributed by atoms with E-state index in [1.807, 2.05) is 0 Å². The number of benzene rings is 3. The number of hydrogen-bond acceptors (Lipinski definition) is 13. The lowest BCUT2D eigenvalue weighted by Crippen LogP contribution is -2.29. The summed E-state index contributed by atoms with van der Waals surface area (Å²) in [5.41, 5.74) is 0. The molecule has 13 nitrogen and oxygen atoms in total. The SMILES string of the molecule is CS(=O)(=O)OCCOc1ccccc1P(=O)(c1ccccc1OCCOS(C)(=O)=O)c1ccccc1OCCOS(C)(=O)=O. The minimum Gasteiger partial charge on any atom is -0.490 e. The summed E-state index contributed by atoms with van der Waals surface area (Å²) in [5.74, 6) is 0.495. The first kappa shape index (κ1) is 35.5. The highest BCUT2D eigenvalue weighted by atomic mass is 32.2. The topological polar surface area (TPSA) is 175 Å². The Hall–Kier alpha value is -2.98. The summed E-state index contributed by atoms with van der Waals surface area (Å²) >= 11 is 0. The summed E-state index contributed by atoms with van der Waals surface area (Å²) in [4.78, 5) is 0. The van der Waals surface area contributed by atoms with Crippen LogP contribution in [-0.2, 0) is 47.5 Å². The Kier molecular flexibility index (Phi) is 12.4. The number of para-hydroxylation sites is 3. The Morgan fingerprint density at radius 1 is 0.455 bits per heavy atom. The molecule has 0 bridgehead atoms. The Labute approximate surface area is 257 Å². The number of hydrogen-bond donors (Lipinski definition) is 0. The van der Waals surface area contributed by atoms with E-state index in [1.165, 1.54) is 0 Å². The van der Waals surface area contributed by atoms with Crippen molar-refractivity contribution in [2.45, 2.75) is 0 Å². The largest absolute Gasteiger partial charge is 0.490 e. The van der Waals surface area contributed by atoms with Gasteiger partial charge in [-0.2, -0.15) is 25.3 Å². The Morgan fingerprint density at radius 2 is 0.705 bits per heavy atom. The zero-order chi connectivity index (χ0) is 32.4. The summed E-state index contributed by atoms with van der Waals surface area (Å²) in [6.45, 7) is -1.45. The van der Waals surface area contributed by atoms with Crippen molar-refractivity contribution >= 4 is 53.4 Å². The summed E-state index contributed by atoms with van der Waals surface area (Å²) < 4.78 is 116. The summed E-state index contributed by atoms with van der Waals surface area (Å²) in [5, 5.41) is 0.642. The lowest BCUT2D eigenvalue weighted by Gasteiger charge is -2.26. The van der Waals surface area contributed by atoms with Crippen LogP contribution in [0.3, 0.4) is 0 Å². The van der Waals surface area contributed by atoms with Crippen LogP contribution in [-0.4, -0.2) is 83.7 Å². The molecule has 0 aliphatic rings. The van der Waals surface area contributed by atoms with Crippen LogP contribution in [0.15, 0.2) is 72.8 Å². The molecule has 242 valence electrons. The van der Waals surface area contributed by atoms with Crippen LogP contribution >= 0.6 is 7.14 Å². The molecule has 44 heavy (non-hydrogen) atoms. The molecule has 0 heterocycles. The van der Waals surface area contributed by atoms with Crippen molar-refractivity contribution in [1.29, 1.82) is 0 Å². The van der Waals surface area contributed by atoms with E-state index in [2.05, 4.69) is 0 Å². The summed E-state index contributed by atoms with van der Waals surface area (Å²) in [6, 6.07) is 19.3. The molecule has 0 saturated heterocycles. The van der Waals surface area contributed by atoms with Gasteiger partial charge in [-0.05, 0) is 36.4 Å². The highest BCUT2D eigenvalue weighted by Crippen LogP contribution is 2.49. The van der Waals surface area contributed by atoms with E-state index in [9.17, 15) is 25.3 Å². The molecule has 0 N–H and O–H groups in total. The van der Waals surface area contributed by atoms with Crippen molar-refractivity contribution in [3.8, 4) is 17.2 Å². The van der Waals surface area contributed by atoms with Gasteiger partial charge in [0, 0.05) is 0 Å². The standard InChI is InChI=1S/C27H33O13PS3/c1-42(29,30)38-19-16-35-22-10-4-7-13-25(22)41(28,26-14-8-5-11-23(26)36-17-20-39-43(2,31)32)27-15-9-6-12-24(27)37-18-21-40-44(3,33)34/h4-15H,16-21H2,1-3H3. The van der Waals surface area contributed by atoms with Crippen molar-refractivity contribution in [2.75, 3.05) is 58.4 Å². The van der Waals surface area contributed by atoms with E-state index in [-0.39, 0.29) is 72.8 Å². The fourth-order valence-electron chi connectivity index (χ4n) is 3.92. The van der Waals surface area contributed by atoms with Crippen molar-refractivity contribution in [1.82, 2.24) is 0 Å². The molecule has 0 radical (unpaired) electrons. The Bertz CT molecular complexity index is 1580. The van der Waals surface area contributed by atoms with Crippen LogP contribution in [0.1, 0.15) is 0 Å². The van der Waals surface area contributed by atoms with Gasteiger partial charge in [-0.1, -0.05) is 36.4 Å². The zero-order valence-corrected chi connectivity index (χ0v) is 27.5. The molecule has 3 aromatic carbocycles. The minimum atomic E-state index is -3.98. The minimum absolute atomic E-state index is 0.165. The molecular formula is C27H33O13PS3. The van der Waals surface area contributed by atoms with Gasteiger partial charge in [0.2, 0.25) is 0 Å². The summed E-state index contributed by atoms with van der Waals surface area (Å²) in [7, 11) is -15.1. The molecule has 0 atom stereocenters. The van der Waals surface area contributed by atoms with Crippen LogP contribution in [0.5, 0.6) is 17.2 Å². The van der Waals surface area contributed by atoms with Gasteiger partial charge in [0.25, 0.3) is 30.4 Å². The van der Waals surface area contributed by atoms with E-state index < -0.39 is 37.5 Å². The Balaban J connectivity index is 2.11. The summed E-state index contributed by atoms with van der Waals surface area (Å²) in [6.07, 6.45) is 2.72. The molecule has 0 spiro atoms. The van der Waals surface area contributed by atoms with Gasteiger partial charge >= 0.3 is 0 Å². The first-order valence-corrected chi connectivity index (χ1v) is 20.1. The van der Waals surface area contributed by atoms with Gasteiger partial charge in [-0.3, -0.25) is 12.5 Å². The van der Waals surface area contributed by atoms with E-state index in [0.29, 0.717) is 0 Å². The van der Waals surface area contributed by atoms with E-state index in [4.69, 9.17) is 26.8 Å². The number of rotatable bonds is 18. The normalized spacial score (nSPS) is 12.5. The highest BCUT2D eigenvalue weighted by Gasteiger charge is 2.38. The van der Waals surface area contributed by atoms with Crippen LogP contribution in [0, 0.1) is 0 Å². The molecule has 3 aromatic rings. The van der Waals surface area contributed by atoms with E-state index in [0.717, 1.165) is 18.8 Å². The second-order valence-corrected chi connectivity index (χ2v) is 16.7. The first-order chi connectivity index (χ1) is 20.6. The predicted octanol–water partition coefficient (Wildman–Crippen LogP) is 1.39. The molecular weight excluding hydrogens is 659 g/mol. The van der Waals surface area contributed by atoms with E-state index >= 15 is 4.57 Å². The van der Waals surface area contributed by atoms with Gasteiger partial charge in [0.15, 0.2) is 7.14 Å². The molecule has 0 aromatic heterocycles. The maximum Gasteiger partial charge on any atom is 0.264 e. The third-order valence-electron chi connectivity index (χ3n) is 5.53. The van der Waals surface area contributed by atoms with Gasteiger partial charge < -0.3 is 18.8 Å². The molecule has 0 aliphatic carbocycles. The van der Waals surface area contributed by atoms with Crippen molar-refractivity contribution < 1.29 is 56.6 Å². The van der Waals surface area contributed by atoms with Gasteiger partial charge in [-0.15, -0.1) is 0 Å². The molecule has 17 heteroatoms. The predicted molar refractivity (Wildman–Crippen MR) is 165 cm³/mol. The van der Waals surface area contributed by atoms with Gasteiger partial charge in [0.1, 0.15) is 56.9 Å².